The number of carbonyl (C=O) groups excluding carboxylic acids is 1. The quantitative estimate of drug-likeness (QED) is 0.543. The lowest BCUT2D eigenvalue weighted by Gasteiger charge is -2.13. The summed E-state index contributed by atoms with van der Waals surface area (Å²) < 4.78 is 49.7. The molecule has 0 aliphatic heterocycles. The van der Waals surface area contributed by atoms with E-state index in [4.69, 9.17) is 9.47 Å². The van der Waals surface area contributed by atoms with Gasteiger partial charge in [0.2, 0.25) is 5.69 Å². The zero-order chi connectivity index (χ0) is 22.6. The van der Waals surface area contributed by atoms with Gasteiger partial charge in [-0.3, -0.25) is 4.79 Å². The molecule has 0 amide bonds. The highest BCUT2D eigenvalue weighted by Gasteiger charge is 2.30. The monoisotopic (exact) mass is 432 g/mol. The number of esters is 1. The molecule has 0 saturated carbocycles. The number of benzene rings is 2. The van der Waals surface area contributed by atoms with Crippen LogP contribution in [0.25, 0.3) is 5.69 Å². The third-order valence-electron chi connectivity index (χ3n) is 4.32. The lowest BCUT2D eigenvalue weighted by molar-refractivity contribution is -0.137. The summed E-state index contributed by atoms with van der Waals surface area (Å²) in [7, 11) is 0. The van der Waals surface area contributed by atoms with Crippen LogP contribution in [0.5, 0.6) is 5.75 Å². The highest BCUT2D eigenvalue weighted by atomic mass is 19.4. The Morgan fingerprint density at radius 3 is 2.29 bits per heavy atom. The Hall–Kier alpha value is -3.62. The summed E-state index contributed by atoms with van der Waals surface area (Å²) in [4.78, 5) is 24.9. The van der Waals surface area contributed by atoms with E-state index < -0.39 is 23.3 Å². The van der Waals surface area contributed by atoms with Gasteiger partial charge in [-0.15, -0.1) is 0 Å². The van der Waals surface area contributed by atoms with Crippen LogP contribution in [0.1, 0.15) is 34.1 Å². The summed E-state index contributed by atoms with van der Waals surface area (Å²) in [5, 5.41) is 4.11. The molecule has 3 rings (SSSR count). The number of aromatic nitrogens is 2. The third kappa shape index (κ3) is 5.30. The minimum absolute atomic E-state index is 0.0858. The molecule has 6 nitrogen and oxygen atoms in total. The van der Waals surface area contributed by atoms with Gasteiger partial charge in [0.25, 0.3) is 5.56 Å². The topological polar surface area (TPSA) is 70.4 Å². The van der Waals surface area contributed by atoms with Crippen molar-refractivity contribution in [2.75, 3.05) is 6.61 Å². The van der Waals surface area contributed by atoms with Crippen LogP contribution in [0.4, 0.5) is 13.2 Å². The molecule has 2 aromatic carbocycles. The molecule has 0 unspecified atom stereocenters. The number of alkyl halides is 3. The normalized spacial score (nSPS) is 11.3. The minimum atomic E-state index is -4.44. The molecule has 9 heteroatoms. The second kappa shape index (κ2) is 9.03. The molecule has 0 saturated heterocycles. The van der Waals surface area contributed by atoms with Crippen molar-refractivity contribution >= 4 is 5.97 Å². The predicted molar refractivity (Wildman–Crippen MR) is 106 cm³/mol. The minimum Gasteiger partial charge on any atom is -0.486 e. The van der Waals surface area contributed by atoms with Crippen LogP contribution in [0, 0.1) is 6.92 Å². The van der Waals surface area contributed by atoms with E-state index in [9.17, 15) is 22.8 Å². The van der Waals surface area contributed by atoms with Gasteiger partial charge in [-0.25, -0.2) is 4.79 Å². The summed E-state index contributed by atoms with van der Waals surface area (Å²) in [6.45, 7) is 3.43. The van der Waals surface area contributed by atoms with Gasteiger partial charge in [-0.2, -0.15) is 23.0 Å². The van der Waals surface area contributed by atoms with Gasteiger partial charge >= 0.3 is 12.1 Å². The molecule has 31 heavy (non-hydrogen) atoms. The first-order chi connectivity index (χ1) is 14.7. The van der Waals surface area contributed by atoms with Crippen LogP contribution in [-0.4, -0.2) is 22.4 Å². The number of hydrogen-bond acceptors (Lipinski definition) is 5. The molecule has 3 aromatic rings. The molecule has 0 aliphatic carbocycles. The molecule has 1 heterocycles. The van der Waals surface area contributed by atoms with Gasteiger partial charge in [0.1, 0.15) is 6.61 Å². The first-order valence-electron chi connectivity index (χ1n) is 9.36. The number of hydrogen-bond donors (Lipinski definition) is 0. The Bertz CT molecular complexity index is 1120. The zero-order valence-electron chi connectivity index (χ0n) is 16.8. The fourth-order valence-corrected chi connectivity index (χ4v) is 2.71. The van der Waals surface area contributed by atoms with Gasteiger partial charge in [-0.1, -0.05) is 29.8 Å². The van der Waals surface area contributed by atoms with Crippen LogP contribution in [0.3, 0.4) is 0 Å². The zero-order valence-corrected chi connectivity index (χ0v) is 16.8. The Morgan fingerprint density at radius 1 is 1.06 bits per heavy atom. The van der Waals surface area contributed by atoms with Crippen molar-refractivity contribution in [1.29, 1.82) is 0 Å². The SMILES string of the molecule is CCOC(=O)c1nn(-c2ccc(C)cc2)c(=O)cc1OCc1ccc(C(F)(F)F)cc1. The van der Waals surface area contributed by atoms with Gasteiger partial charge in [0, 0.05) is 0 Å². The number of rotatable bonds is 6. The Labute approximate surface area is 175 Å². The van der Waals surface area contributed by atoms with Crippen LogP contribution in [-0.2, 0) is 17.5 Å². The van der Waals surface area contributed by atoms with E-state index in [0.717, 1.165) is 28.4 Å². The second-order valence-electron chi connectivity index (χ2n) is 6.65. The molecule has 162 valence electrons. The van der Waals surface area contributed by atoms with Crippen molar-refractivity contribution in [2.45, 2.75) is 26.6 Å². The summed E-state index contributed by atoms with van der Waals surface area (Å²) in [6.07, 6.45) is -4.44. The fraction of sp³-hybridized carbons (Fsp3) is 0.227. The Balaban J connectivity index is 1.91. The Morgan fingerprint density at radius 2 is 1.71 bits per heavy atom. The van der Waals surface area contributed by atoms with Gasteiger partial charge < -0.3 is 9.47 Å². The molecular formula is C22H19F3N2O4. The molecule has 0 atom stereocenters. The number of aryl methyl sites for hydroxylation is 1. The second-order valence-corrected chi connectivity index (χ2v) is 6.65. The maximum atomic E-state index is 12.7. The van der Waals surface area contributed by atoms with Crippen LogP contribution in [0.15, 0.2) is 59.4 Å². The average Bonchev–Trinajstić information content (AvgIpc) is 2.73. The first-order valence-corrected chi connectivity index (χ1v) is 9.36. The molecule has 0 radical (unpaired) electrons. The van der Waals surface area contributed by atoms with Gasteiger partial charge in [-0.05, 0) is 43.7 Å². The maximum absolute atomic E-state index is 12.7. The van der Waals surface area contributed by atoms with E-state index in [1.165, 1.54) is 12.1 Å². The number of halogens is 3. The predicted octanol–water partition coefficient (Wildman–Crippen LogP) is 4.32. The van der Waals surface area contributed by atoms with E-state index in [2.05, 4.69) is 5.10 Å². The van der Waals surface area contributed by atoms with Crippen molar-refractivity contribution < 1.29 is 27.4 Å². The van der Waals surface area contributed by atoms with Gasteiger partial charge in [0.15, 0.2) is 5.75 Å². The van der Waals surface area contributed by atoms with Crippen molar-refractivity contribution in [2.24, 2.45) is 0 Å². The number of carbonyl (C=O) groups is 1. The van der Waals surface area contributed by atoms with Crippen LogP contribution < -0.4 is 10.3 Å². The summed E-state index contributed by atoms with van der Waals surface area (Å²) in [5.74, 6) is -0.905. The van der Waals surface area contributed by atoms with E-state index >= 15 is 0 Å². The van der Waals surface area contributed by atoms with Crippen molar-refractivity contribution in [1.82, 2.24) is 9.78 Å². The highest BCUT2D eigenvalue weighted by Crippen LogP contribution is 2.29. The van der Waals surface area contributed by atoms with Gasteiger partial charge in [0.05, 0.1) is 23.9 Å². The standard InChI is InChI=1S/C22H19F3N2O4/c1-3-30-21(29)20-18(31-13-15-6-8-16(9-7-15)22(23,24)25)12-19(28)27(26-20)17-10-4-14(2)5-11-17/h4-12H,3,13H2,1-2H3. The highest BCUT2D eigenvalue weighted by molar-refractivity contribution is 5.90. The van der Waals surface area contributed by atoms with Crippen molar-refractivity contribution in [3.05, 3.63) is 87.3 Å². The molecule has 1 aromatic heterocycles. The summed E-state index contributed by atoms with van der Waals surface area (Å²) in [5.41, 5.74) is 0.318. The van der Waals surface area contributed by atoms with E-state index in [1.54, 1.807) is 31.2 Å². The van der Waals surface area contributed by atoms with E-state index in [0.29, 0.717) is 11.3 Å². The van der Waals surface area contributed by atoms with Crippen LogP contribution >= 0.6 is 0 Å². The number of nitrogens with zero attached hydrogens (tertiary/aromatic N) is 2. The smallest absolute Gasteiger partial charge is 0.416 e. The molecule has 0 bridgehead atoms. The third-order valence-corrected chi connectivity index (χ3v) is 4.32. The van der Waals surface area contributed by atoms with Crippen molar-refractivity contribution in [3.8, 4) is 11.4 Å². The Kier molecular flexibility index (Phi) is 6.43. The molecule has 0 fully saturated rings. The lowest BCUT2D eigenvalue weighted by Crippen LogP contribution is -2.25. The van der Waals surface area contributed by atoms with E-state index in [1.807, 2.05) is 6.92 Å². The lowest BCUT2D eigenvalue weighted by atomic mass is 10.1. The maximum Gasteiger partial charge on any atom is 0.416 e. The molecular weight excluding hydrogens is 413 g/mol. The molecule has 0 aliphatic rings. The fourth-order valence-electron chi connectivity index (χ4n) is 2.71. The average molecular weight is 432 g/mol. The van der Waals surface area contributed by atoms with Crippen molar-refractivity contribution in [3.63, 3.8) is 0 Å². The van der Waals surface area contributed by atoms with Crippen LogP contribution in [0.2, 0.25) is 0 Å². The molecule has 0 spiro atoms. The molecule has 0 N–H and O–H groups in total. The summed E-state index contributed by atoms with van der Waals surface area (Å²) >= 11 is 0. The summed E-state index contributed by atoms with van der Waals surface area (Å²) in [6, 6.07) is 12.4. The van der Waals surface area contributed by atoms with E-state index in [-0.39, 0.29) is 24.7 Å². The largest absolute Gasteiger partial charge is 0.486 e. The first kappa shape index (κ1) is 22.1. The number of ether oxygens (including phenoxy) is 2.